The average molecular weight is 598 g/mol. The minimum atomic E-state index is -4.76. The molecule has 0 saturated carbocycles. The molecular formula is C30H27F4N5O4. The predicted molar refractivity (Wildman–Crippen MR) is 143 cm³/mol. The number of carbonyl (C=O) groups is 3. The SMILES string of the molecule is Cc1nn(CC#N)c(C)c1-c1ccc2c(c1)CC(=O)[C@]21OCN(CC(=O)N(Cc2ccc(F)cc2)[C@@H](C)C(F)(F)F)C1=O. The van der Waals surface area contributed by atoms with E-state index in [0.29, 0.717) is 21.7 Å². The summed E-state index contributed by atoms with van der Waals surface area (Å²) in [7, 11) is 0. The van der Waals surface area contributed by atoms with Crippen molar-refractivity contribution in [1.82, 2.24) is 19.6 Å². The Morgan fingerprint density at radius 3 is 2.53 bits per heavy atom. The molecular weight excluding hydrogens is 570 g/mol. The van der Waals surface area contributed by atoms with Crippen LogP contribution in [0.15, 0.2) is 42.5 Å². The van der Waals surface area contributed by atoms with Crippen molar-refractivity contribution in [1.29, 1.82) is 5.26 Å². The summed E-state index contributed by atoms with van der Waals surface area (Å²) in [4.78, 5) is 41.7. The number of nitrogens with zero attached hydrogens (tertiary/aromatic N) is 5. The lowest BCUT2D eigenvalue weighted by Gasteiger charge is -2.32. The maximum absolute atomic E-state index is 13.7. The maximum Gasteiger partial charge on any atom is 0.408 e. The van der Waals surface area contributed by atoms with Crippen molar-refractivity contribution in [2.75, 3.05) is 13.3 Å². The van der Waals surface area contributed by atoms with E-state index in [4.69, 9.17) is 10.00 Å². The second kappa shape index (κ2) is 10.9. The third kappa shape index (κ3) is 5.16. The first kappa shape index (κ1) is 29.9. The highest BCUT2D eigenvalue weighted by Gasteiger charge is 2.59. The van der Waals surface area contributed by atoms with Gasteiger partial charge >= 0.3 is 6.18 Å². The van der Waals surface area contributed by atoms with Gasteiger partial charge in [0.2, 0.25) is 11.5 Å². The molecule has 0 bridgehead atoms. The van der Waals surface area contributed by atoms with Crippen LogP contribution in [-0.2, 0) is 44.2 Å². The van der Waals surface area contributed by atoms with Gasteiger partial charge in [-0.15, -0.1) is 0 Å². The summed E-state index contributed by atoms with van der Waals surface area (Å²) in [6, 6.07) is 9.64. The minimum absolute atomic E-state index is 0.0686. The number of Topliss-reactive ketones (excluding diaryl/α,β-unsaturated/α-hetero) is 1. The summed E-state index contributed by atoms with van der Waals surface area (Å²) in [5.41, 5.74) is 2.09. The smallest absolute Gasteiger partial charge is 0.332 e. The van der Waals surface area contributed by atoms with Crippen LogP contribution in [0.4, 0.5) is 17.6 Å². The molecule has 2 atom stereocenters. The van der Waals surface area contributed by atoms with Gasteiger partial charge < -0.3 is 14.5 Å². The zero-order chi connectivity index (χ0) is 31.3. The van der Waals surface area contributed by atoms with Crippen molar-refractivity contribution in [2.45, 2.75) is 58.1 Å². The second-order valence-corrected chi connectivity index (χ2v) is 10.7. The van der Waals surface area contributed by atoms with Crippen LogP contribution in [0.1, 0.15) is 35.0 Å². The van der Waals surface area contributed by atoms with Gasteiger partial charge in [0.05, 0.1) is 11.8 Å². The number of ketones is 1. The molecule has 2 heterocycles. The summed E-state index contributed by atoms with van der Waals surface area (Å²) in [5, 5.41) is 13.5. The first-order valence-corrected chi connectivity index (χ1v) is 13.4. The van der Waals surface area contributed by atoms with Gasteiger partial charge in [0.15, 0.2) is 5.78 Å². The number of benzene rings is 2. The number of ether oxygens (including phenoxy) is 1. The molecule has 3 aromatic rings. The van der Waals surface area contributed by atoms with Crippen LogP contribution in [0.25, 0.3) is 11.1 Å². The van der Waals surface area contributed by atoms with Crippen molar-refractivity contribution < 1.29 is 36.7 Å². The molecule has 1 fully saturated rings. The fourth-order valence-electron chi connectivity index (χ4n) is 5.71. The average Bonchev–Trinajstić information content (AvgIpc) is 3.53. The summed E-state index contributed by atoms with van der Waals surface area (Å²) in [6.07, 6.45) is -4.88. The molecule has 2 amide bonds. The Kier molecular flexibility index (Phi) is 7.60. The third-order valence-electron chi connectivity index (χ3n) is 8.00. The van der Waals surface area contributed by atoms with E-state index in [1.807, 2.05) is 6.92 Å². The number of alkyl halides is 3. The van der Waals surface area contributed by atoms with E-state index in [9.17, 15) is 31.9 Å². The van der Waals surface area contributed by atoms with Crippen molar-refractivity contribution in [3.05, 3.63) is 76.4 Å². The van der Waals surface area contributed by atoms with Crippen molar-refractivity contribution in [2.24, 2.45) is 0 Å². The molecule has 1 saturated heterocycles. The third-order valence-corrected chi connectivity index (χ3v) is 8.00. The highest BCUT2D eigenvalue weighted by Crippen LogP contribution is 2.44. The number of aryl methyl sites for hydroxylation is 1. The molecule has 1 aliphatic heterocycles. The van der Waals surface area contributed by atoms with Gasteiger partial charge in [-0.25, -0.2) is 4.39 Å². The Morgan fingerprint density at radius 1 is 1.19 bits per heavy atom. The molecule has 224 valence electrons. The van der Waals surface area contributed by atoms with Gasteiger partial charge in [0, 0.05) is 29.8 Å². The van der Waals surface area contributed by atoms with Crippen LogP contribution in [0.3, 0.4) is 0 Å². The molecule has 0 radical (unpaired) electrons. The van der Waals surface area contributed by atoms with Crippen LogP contribution >= 0.6 is 0 Å². The zero-order valence-corrected chi connectivity index (χ0v) is 23.5. The lowest BCUT2D eigenvalue weighted by atomic mass is 9.92. The molecule has 5 rings (SSSR count). The van der Waals surface area contributed by atoms with Gasteiger partial charge in [-0.2, -0.15) is 23.5 Å². The van der Waals surface area contributed by atoms with Gasteiger partial charge in [0.25, 0.3) is 5.91 Å². The maximum atomic E-state index is 13.7. The Balaban J connectivity index is 1.40. The molecule has 2 aromatic carbocycles. The van der Waals surface area contributed by atoms with Gasteiger partial charge in [-0.3, -0.25) is 19.1 Å². The molecule has 1 aromatic heterocycles. The largest absolute Gasteiger partial charge is 0.408 e. The van der Waals surface area contributed by atoms with E-state index in [-0.39, 0.29) is 18.5 Å². The fraction of sp³-hybridized carbons (Fsp3) is 0.367. The van der Waals surface area contributed by atoms with Crippen LogP contribution in [0.2, 0.25) is 0 Å². The number of rotatable bonds is 7. The second-order valence-electron chi connectivity index (χ2n) is 10.7. The van der Waals surface area contributed by atoms with Crippen molar-refractivity contribution in [3.8, 4) is 17.2 Å². The highest BCUT2D eigenvalue weighted by atomic mass is 19.4. The standard InChI is InChI=1S/C30H27F4N5O4/c1-17-27(18(2)39(36-17)11-10-35)21-6-9-24-22(12-21)13-25(40)29(24)28(42)37(16-43-29)15-26(41)38(19(3)30(32,33)34)14-20-4-7-23(31)8-5-20/h4-9,12,19H,11,13-16H2,1-3H3/t19-,29+/m0/s1. The van der Waals surface area contributed by atoms with Crippen molar-refractivity contribution in [3.63, 3.8) is 0 Å². The fourth-order valence-corrected chi connectivity index (χ4v) is 5.71. The van der Waals surface area contributed by atoms with E-state index in [1.165, 1.54) is 12.1 Å². The quantitative estimate of drug-likeness (QED) is 0.302. The van der Waals surface area contributed by atoms with Gasteiger partial charge in [0.1, 0.15) is 31.7 Å². The number of carbonyl (C=O) groups excluding carboxylic acids is 3. The number of amides is 2. The van der Waals surface area contributed by atoms with E-state index in [1.54, 1.807) is 29.8 Å². The summed E-state index contributed by atoms with van der Waals surface area (Å²) in [5.74, 6) is -2.96. The zero-order valence-electron chi connectivity index (χ0n) is 23.5. The lowest BCUT2D eigenvalue weighted by molar-refractivity contribution is -0.187. The monoisotopic (exact) mass is 597 g/mol. The number of nitriles is 1. The van der Waals surface area contributed by atoms with E-state index in [0.717, 1.165) is 40.8 Å². The molecule has 1 aliphatic carbocycles. The Labute approximate surface area is 244 Å². The molecule has 9 nitrogen and oxygen atoms in total. The van der Waals surface area contributed by atoms with E-state index in [2.05, 4.69) is 11.2 Å². The topological polar surface area (TPSA) is 109 Å². The summed E-state index contributed by atoms with van der Waals surface area (Å²) in [6.45, 7) is 2.83. The van der Waals surface area contributed by atoms with Crippen LogP contribution in [-0.4, -0.2) is 62.7 Å². The number of aromatic nitrogens is 2. The molecule has 13 heteroatoms. The molecule has 43 heavy (non-hydrogen) atoms. The molecule has 2 aliphatic rings. The lowest BCUT2D eigenvalue weighted by Crippen LogP contribution is -2.51. The number of fused-ring (bicyclic) bond motifs is 2. The molecule has 0 unspecified atom stereocenters. The molecule has 1 spiro atoms. The first-order chi connectivity index (χ1) is 20.3. The Hall–Kier alpha value is -4.57. The van der Waals surface area contributed by atoms with E-state index < -0.39 is 61.1 Å². The van der Waals surface area contributed by atoms with Crippen LogP contribution in [0, 0.1) is 31.0 Å². The number of hydrogen-bond acceptors (Lipinski definition) is 6. The van der Waals surface area contributed by atoms with Gasteiger partial charge in [-0.05, 0) is 49.6 Å². The van der Waals surface area contributed by atoms with Crippen molar-refractivity contribution >= 4 is 17.6 Å². The number of halogens is 4. The van der Waals surface area contributed by atoms with Crippen LogP contribution in [0.5, 0.6) is 0 Å². The molecule has 0 N–H and O–H groups in total. The first-order valence-electron chi connectivity index (χ1n) is 13.4. The Bertz CT molecular complexity index is 1660. The van der Waals surface area contributed by atoms with Crippen LogP contribution < -0.4 is 0 Å². The predicted octanol–water partition coefficient (Wildman–Crippen LogP) is 3.95. The summed E-state index contributed by atoms with van der Waals surface area (Å²) < 4.78 is 61.8. The van der Waals surface area contributed by atoms with Gasteiger partial charge in [-0.1, -0.05) is 30.3 Å². The van der Waals surface area contributed by atoms with E-state index >= 15 is 0 Å². The minimum Gasteiger partial charge on any atom is -0.332 e. The summed E-state index contributed by atoms with van der Waals surface area (Å²) >= 11 is 0. The Morgan fingerprint density at radius 2 is 1.88 bits per heavy atom. The highest BCUT2D eigenvalue weighted by molar-refractivity contribution is 6.15. The number of hydrogen-bond donors (Lipinski definition) is 0. The normalized spacial score (nSPS) is 18.7.